The van der Waals surface area contributed by atoms with Crippen LogP contribution in [0.5, 0.6) is 0 Å². The molecule has 16 heavy (non-hydrogen) atoms. The van der Waals surface area contributed by atoms with Crippen molar-refractivity contribution in [2.24, 2.45) is 0 Å². The largest absolute Gasteiger partial charge is 0.462 e. The van der Waals surface area contributed by atoms with Crippen LogP contribution in [0.1, 0.15) is 35.6 Å². The molecular weight excluding hydrogens is 222 g/mol. The van der Waals surface area contributed by atoms with E-state index >= 15 is 0 Å². The third kappa shape index (κ3) is 2.07. The minimum atomic E-state index is 0.0822. The molecule has 2 aromatic rings. The monoisotopic (exact) mass is 235 g/mol. The summed E-state index contributed by atoms with van der Waals surface area (Å²) in [6, 6.07) is 3.68. The van der Waals surface area contributed by atoms with E-state index in [1.807, 2.05) is 12.1 Å². The molecule has 0 saturated carbocycles. The van der Waals surface area contributed by atoms with Crippen LogP contribution in [0.3, 0.4) is 0 Å². The van der Waals surface area contributed by atoms with Crippen LogP contribution in [0.4, 0.5) is 0 Å². The highest BCUT2D eigenvalue weighted by molar-refractivity contribution is 7.17. The lowest BCUT2D eigenvalue weighted by atomic mass is 10.2. The highest BCUT2D eigenvalue weighted by Crippen LogP contribution is 2.29. The number of Topliss-reactive ketones (excluding diaryl/α,β-unsaturated/α-hetero) is 1. The van der Waals surface area contributed by atoms with Gasteiger partial charge in [0.15, 0.2) is 16.6 Å². The second-order valence-corrected chi connectivity index (χ2v) is 4.58. The van der Waals surface area contributed by atoms with E-state index in [-0.39, 0.29) is 5.78 Å². The summed E-state index contributed by atoms with van der Waals surface area (Å²) in [5.41, 5.74) is 0.895. The zero-order valence-electron chi connectivity index (χ0n) is 9.32. The number of rotatable bonds is 4. The van der Waals surface area contributed by atoms with Gasteiger partial charge in [-0.2, -0.15) is 0 Å². The van der Waals surface area contributed by atoms with E-state index in [2.05, 4.69) is 11.9 Å². The molecule has 0 N–H and O–H groups in total. The molecule has 84 valence electrons. The van der Waals surface area contributed by atoms with Crippen LogP contribution in [-0.2, 0) is 6.42 Å². The molecular formula is C12H13NO2S. The Hall–Kier alpha value is -1.42. The van der Waals surface area contributed by atoms with Gasteiger partial charge in [0.2, 0.25) is 0 Å². The van der Waals surface area contributed by atoms with E-state index in [9.17, 15) is 4.79 Å². The maximum absolute atomic E-state index is 11.5. The third-order valence-electron chi connectivity index (χ3n) is 2.24. The smallest absolute Gasteiger partial charge is 0.171 e. The van der Waals surface area contributed by atoms with Gasteiger partial charge in [0.1, 0.15) is 0 Å². The van der Waals surface area contributed by atoms with E-state index in [0.29, 0.717) is 0 Å². The lowest BCUT2D eigenvalue weighted by Gasteiger charge is -1.93. The maximum atomic E-state index is 11.5. The number of furan rings is 1. The van der Waals surface area contributed by atoms with Gasteiger partial charge < -0.3 is 4.42 Å². The summed E-state index contributed by atoms with van der Waals surface area (Å²) in [5.74, 6) is 0.814. The van der Waals surface area contributed by atoms with Gasteiger partial charge in [-0.15, -0.1) is 11.3 Å². The Morgan fingerprint density at radius 1 is 1.56 bits per heavy atom. The molecule has 0 radical (unpaired) electrons. The topological polar surface area (TPSA) is 43.1 Å². The molecule has 2 heterocycles. The lowest BCUT2D eigenvalue weighted by Crippen LogP contribution is -1.95. The molecule has 2 aromatic heterocycles. The molecule has 0 bridgehead atoms. The number of hydrogen-bond donors (Lipinski definition) is 0. The highest BCUT2D eigenvalue weighted by Gasteiger charge is 2.16. The molecule has 0 unspecified atom stereocenters. The molecule has 0 spiro atoms. The number of aromatic nitrogens is 1. The summed E-state index contributed by atoms with van der Waals surface area (Å²) in [6.07, 6.45) is 3.44. The van der Waals surface area contributed by atoms with Crippen molar-refractivity contribution in [1.29, 1.82) is 0 Å². The Bertz CT molecular complexity index is 485. The second-order valence-electron chi connectivity index (χ2n) is 3.58. The first-order valence-corrected chi connectivity index (χ1v) is 6.08. The second kappa shape index (κ2) is 4.61. The summed E-state index contributed by atoms with van der Waals surface area (Å²) in [6.45, 7) is 3.66. The van der Waals surface area contributed by atoms with E-state index in [4.69, 9.17) is 4.42 Å². The molecule has 0 amide bonds. The van der Waals surface area contributed by atoms with Crippen LogP contribution in [0.2, 0.25) is 0 Å². The molecule has 0 atom stereocenters. The van der Waals surface area contributed by atoms with Crippen LogP contribution < -0.4 is 0 Å². The van der Waals surface area contributed by atoms with E-state index < -0.39 is 0 Å². The minimum Gasteiger partial charge on any atom is -0.462 e. The Morgan fingerprint density at radius 2 is 2.38 bits per heavy atom. The molecule has 0 aromatic carbocycles. The molecule has 0 aliphatic carbocycles. The van der Waals surface area contributed by atoms with Gasteiger partial charge in [-0.3, -0.25) is 4.79 Å². The minimum absolute atomic E-state index is 0.0822. The third-order valence-corrected chi connectivity index (χ3v) is 3.45. The Labute approximate surface area is 98.1 Å². The van der Waals surface area contributed by atoms with E-state index in [1.165, 1.54) is 11.3 Å². The summed E-state index contributed by atoms with van der Waals surface area (Å²) >= 11 is 1.41. The highest BCUT2D eigenvalue weighted by atomic mass is 32.1. The summed E-state index contributed by atoms with van der Waals surface area (Å²) < 4.78 is 5.28. The molecule has 4 heteroatoms. The fourth-order valence-electron chi connectivity index (χ4n) is 1.54. The molecule has 0 saturated heterocycles. The Morgan fingerprint density at radius 3 is 2.94 bits per heavy atom. The van der Waals surface area contributed by atoms with Gasteiger partial charge in [0, 0.05) is 6.92 Å². The first-order chi connectivity index (χ1) is 7.72. The summed E-state index contributed by atoms with van der Waals surface area (Å²) in [4.78, 5) is 16.7. The predicted octanol–water partition coefficient (Wildman–Crippen LogP) is 3.56. The van der Waals surface area contributed by atoms with Crippen molar-refractivity contribution in [3.05, 3.63) is 29.0 Å². The normalized spacial score (nSPS) is 10.6. The van der Waals surface area contributed by atoms with Crippen molar-refractivity contribution in [3.8, 4) is 10.8 Å². The van der Waals surface area contributed by atoms with Crippen molar-refractivity contribution in [1.82, 2.24) is 4.98 Å². The first kappa shape index (κ1) is 11.1. The van der Waals surface area contributed by atoms with Crippen molar-refractivity contribution >= 4 is 17.1 Å². The van der Waals surface area contributed by atoms with E-state index in [0.717, 1.165) is 34.2 Å². The standard InChI is InChI=1S/C12H13NO2S/c1-3-5-9-11(8(2)14)16-12(13-9)10-6-4-7-15-10/h4,6-7H,3,5H2,1-2H3. The number of ketones is 1. The fraction of sp³-hybridized carbons (Fsp3) is 0.333. The molecule has 0 aliphatic heterocycles. The van der Waals surface area contributed by atoms with Crippen molar-refractivity contribution in [2.75, 3.05) is 0 Å². The van der Waals surface area contributed by atoms with Crippen LogP contribution in [0.25, 0.3) is 10.8 Å². The van der Waals surface area contributed by atoms with Gasteiger partial charge in [-0.25, -0.2) is 4.98 Å². The van der Waals surface area contributed by atoms with Crippen LogP contribution in [0, 0.1) is 0 Å². The summed E-state index contributed by atoms with van der Waals surface area (Å²) in [7, 11) is 0. The van der Waals surface area contributed by atoms with Gasteiger partial charge in [-0.1, -0.05) is 13.3 Å². The average Bonchev–Trinajstić information content (AvgIpc) is 2.83. The quantitative estimate of drug-likeness (QED) is 0.761. The molecule has 3 nitrogen and oxygen atoms in total. The van der Waals surface area contributed by atoms with E-state index in [1.54, 1.807) is 13.2 Å². The van der Waals surface area contributed by atoms with Crippen molar-refractivity contribution in [3.63, 3.8) is 0 Å². The fourth-order valence-corrected chi connectivity index (χ4v) is 2.51. The number of carbonyl (C=O) groups excluding carboxylic acids is 1. The maximum Gasteiger partial charge on any atom is 0.171 e. The molecule has 0 fully saturated rings. The number of carbonyl (C=O) groups is 1. The zero-order chi connectivity index (χ0) is 11.5. The van der Waals surface area contributed by atoms with Crippen molar-refractivity contribution in [2.45, 2.75) is 26.7 Å². The first-order valence-electron chi connectivity index (χ1n) is 5.27. The number of thiazole rings is 1. The number of hydrogen-bond acceptors (Lipinski definition) is 4. The lowest BCUT2D eigenvalue weighted by molar-refractivity contribution is 0.102. The zero-order valence-corrected chi connectivity index (χ0v) is 10.1. The molecule has 2 rings (SSSR count). The van der Waals surface area contributed by atoms with Crippen molar-refractivity contribution < 1.29 is 9.21 Å². The SMILES string of the molecule is CCCc1nc(-c2ccco2)sc1C(C)=O. The van der Waals surface area contributed by atoms with Crippen LogP contribution >= 0.6 is 11.3 Å². The van der Waals surface area contributed by atoms with Crippen LogP contribution in [-0.4, -0.2) is 10.8 Å². The number of aryl methyl sites for hydroxylation is 1. The van der Waals surface area contributed by atoms with Crippen LogP contribution in [0.15, 0.2) is 22.8 Å². The molecule has 0 aliphatic rings. The van der Waals surface area contributed by atoms with Gasteiger partial charge in [-0.05, 0) is 18.6 Å². The average molecular weight is 235 g/mol. The number of nitrogens with zero attached hydrogens (tertiary/aromatic N) is 1. The summed E-state index contributed by atoms with van der Waals surface area (Å²) in [5, 5.41) is 0.790. The van der Waals surface area contributed by atoms with Gasteiger partial charge in [0.25, 0.3) is 0 Å². The van der Waals surface area contributed by atoms with Gasteiger partial charge >= 0.3 is 0 Å². The predicted molar refractivity (Wildman–Crippen MR) is 63.8 cm³/mol. The van der Waals surface area contributed by atoms with Gasteiger partial charge in [0.05, 0.1) is 16.8 Å². The Kier molecular flexibility index (Phi) is 3.19. The Balaban J connectivity index is 2.42.